The topological polar surface area (TPSA) is 142 Å². The van der Waals surface area contributed by atoms with E-state index in [9.17, 15) is 19.5 Å². The molecule has 1 atom stereocenters. The molecule has 1 aromatic carbocycles. The maximum Gasteiger partial charge on any atom is 0.328 e. The molecule has 0 bridgehead atoms. The van der Waals surface area contributed by atoms with Crippen molar-refractivity contribution in [2.24, 2.45) is 0 Å². The van der Waals surface area contributed by atoms with E-state index in [2.05, 4.69) is 26.1 Å². The van der Waals surface area contributed by atoms with Gasteiger partial charge in [-0.15, -0.1) is 0 Å². The van der Waals surface area contributed by atoms with E-state index in [4.69, 9.17) is 19.7 Å². The molecule has 4 N–H and O–H groups in total. The van der Waals surface area contributed by atoms with Crippen LogP contribution in [0.4, 0.5) is 0 Å². The number of carboxylic acid groups (broad SMARTS) is 2. The lowest BCUT2D eigenvalue weighted by Crippen LogP contribution is -2.42. The van der Waals surface area contributed by atoms with Crippen molar-refractivity contribution in [2.45, 2.75) is 45.8 Å². The van der Waals surface area contributed by atoms with E-state index in [1.54, 1.807) is 0 Å². The molecule has 1 aromatic rings. The summed E-state index contributed by atoms with van der Waals surface area (Å²) in [5.74, 6) is -2.07. The van der Waals surface area contributed by atoms with E-state index in [-0.39, 0.29) is 18.1 Å². The van der Waals surface area contributed by atoms with Gasteiger partial charge in [-0.2, -0.15) is 0 Å². The number of aliphatic hydroxyl groups is 1. The third-order valence-corrected chi connectivity index (χ3v) is 3.30. The van der Waals surface area contributed by atoms with Crippen LogP contribution in [0.3, 0.4) is 0 Å². The van der Waals surface area contributed by atoms with Crippen LogP contribution in [-0.2, 0) is 25.5 Å². The molecule has 0 amide bonds. The Hall–Kier alpha value is -2.91. The molecule has 0 saturated carbocycles. The van der Waals surface area contributed by atoms with Crippen molar-refractivity contribution in [3.8, 4) is 5.75 Å². The van der Waals surface area contributed by atoms with E-state index in [0.717, 1.165) is 5.56 Å². The molecule has 1 rings (SSSR count). The van der Waals surface area contributed by atoms with Gasteiger partial charge in [0.25, 0.3) is 0 Å². The van der Waals surface area contributed by atoms with Gasteiger partial charge in [0.1, 0.15) is 18.5 Å². The average molecular weight is 425 g/mol. The lowest BCUT2D eigenvalue weighted by molar-refractivity contribution is -0.141. The minimum atomic E-state index is -1.26. The molecule has 1 unspecified atom stereocenters. The molecule has 0 spiro atoms. The van der Waals surface area contributed by atoms with Gasteiger partial charge >= 0.3 is 17.9 Å². The fourth-order valence-electron chi connectivity index (χ4n) is 1.88. The van der Waals surface area contributed by atoms with E-state index in [1.165, 1.54) is 6.92 Å². The van der Waals surface area contributed by atoms with Gasteiger partial charge in [-0.05, 0) is 38.5 Å². The summed E-state index contributed by atoms with van der Waals surface area (Å²) in [6.45, 7) is 8.67. The first kappa shape index (κ1) is 27.1. The zero-order valence-corrected chi connectivity index (χ0v) is 17.8. The highest BCUT2D eigenvalue weighted by Crippen LogP contribution is 2.13. The maximum absolute atomic E-state index is 10.7. The Labute approximate surface area is 176 Å². The van der Waals surface area contributed by atoms with Gasteiger partial charge in [0.15, 0.2) is 0 Å². The zero-order valence-electron chi connectivity index (χ0n) is 17.8. The summed E-state index contributed by atoms with van der Waals surface area (Å²) in [5, 5.41) is 28.7. The zero-order chi connectivity index (χ0) is 23.2. The van der Waals surface area contributed by atoms with Gasteiger partial charge in [0, 0.05) is 37.6 Å². The van der Waals surface area contributed by atoms with Crippen LogP contribution in [0.5, 0.6) is 5.75 Å². The number of hydrogen-bond donors (Lipinski definition) is 4. The Kier molecular flexibility index (Phi) is 12.8. The molecule has 9 nitrogen and oxygen atoms in total. The third-order valence-electron chi connectivity index (χ3n) is 3.30. The average Bonchev–Trinajstić information content (AvgIpc) is 2.64. The molecule has 0 aliphatic heterocycles. The van der Waals surface area contributed by atoms with Gasteiger partial charge < -0.3 is 30.1 Å². The van der Waals surface area contributed by atoms with Crippen molar-refractivity contribution in [2.75, 3.05) is 19.8 Å². The summed E-state index contributed by atoms with van der Waals surface area (Å²) in [7, 11) is 0. The summed E-state index contributed by atoms with van der Waals surface area (Å²) in [6.07, 6.45) is 1.24. The molecule has 0 aliphatic rings. The molecule has 0 radical (unpaired) electrons. The first-order valence-electron chi connectivity index (χ1n) is 9.31. The molecular formula is C21H31NO8. The largest absolute Gasteiger partial charge is 0.491 e. The van der Waals surface area contributed by atoms with E-state index < -0.39 is 18.0 Å². The molecule has 30 heavy (non-hydrogen) atoms. The van der Waals surface area contributed by atoms with Gasteiger partial charge in [-0.3, -0.25) is 4.79 Å². The van der Waals surface area contributed by atoms with Crippen molar-refractivity contribution < 1.29 is 39.2 Å². The molecule has 0 saturated heterocycles. The van der Waals surface area contributed by atoms with Crippen molar-refractivity contribution in [1.82, 2.24) is 5.32 Å². The molecule has 9 heteroatoms. The fourth-order valence-corrected chi connectivity index (χ4v) is 1.88. The Balaban J connectivity index is 0.000000890. The molecule has 0 fully saturated rings. The fraction of sp³-hybridized carbons (Fsp3) is 0.476. The number of nitrogens with one attached hydrogen (secondary N) is 1. The predicted octanol–water partition coefficient (Wildman–Crippen LogP) is 1.63. The van der Waals surface area contributed by atoms with Crippen LogP contribution in [0.15, 0.2) is 36.4 Å². The Morgan fingerprint density at radius 3 is 2.03 bits per heavy atom. The van der Waals surface area contributed by atoms with Gasteiger partial charge in [-0.1, -0.05) is 12.1 Å². The molecule has 168 valence electrons. The Bertz CT molecular complexity index is 676. The number of ether oxygens (including phenoxy) is 2. The normalized spacial score (nSPS) is 11.9. The highest BCUT2D eigenvalue weighted by molar-refractivity contribution is 5.89. The van der Waals surface area contributed by atoms with Crippen LogP contribution < -0.4 is 10.1 Å². The van der Waals surface area contributed by atoms with Gasteiger partial charge in [-0.25, -0.2) is 9.59 Å². The van der Waals surface area contributed by atoms with Crippen molar-refractivity contribution in [3.05, 3.63) is 42.0 Å². The third kappa shape index (κ3) is 17.2. The second-order valence-corrected chi connectivity index (χ2v) is 7.34. The number of aliphatic hydroxyl groups excluding tert-OH is 1. The highest BCUT2D eigenvalue weighted by atomic mass is 16.5. The summed E-state index contributed by atoms with van der Waals surface area (Å²) in [5.41, 5.74) is 1.05. The monoisotopic (exact) mass is 425 g/mol. The van der Waals surface area contributed by atoms with E-state index in [0.29, 0.717) is 37.5 Å². The number of aliphatic carboxylic acids is 2. The second kappa shape index (κ2) is 14.1. The molecular weight excluding hydrogens is 394 g/mol. The predicted molar refractivity (Wildman–Crippen MR) is 110 cm³/mol. The smallest absolute Gasteiger partial charge is 0.328 e. The number of carboxylic acids is 2. The minimum absolute atomic E-state index is 0.0232. The summed E-state index contributed by atoms with van der Waals surface area (Å²) in [6, 6.07) is 7.57. The quantitative estimate of drug-likeness (QED) is 0.325. The van der Waals surface area contributed by atoms with Crippen LogP contribution in [0.1, 0.15) is 33.3 Å². The number of carbonyl (C=O) groups excluding carboxylic acids is 1. The first-order chi connectivity index (χ1) is 13.9. The Morgan fingerprint density at radius 2 is 1.60 bits per heavy atom. The number of esters is 1. The number of β-amino-alcohol motifs (C(OH)–C–C–N with tert-alkyl or cyclic N) is 1. The van der Waals surface area contributed by atoms with Gasteiger partial charge in [0.2, 0.25) is 0 Å². The number of hydrogen-bond acceptors (Lipinski definition) is 7. The Morgan fingerprint density at radius 1 is 1.07 bits per heavy atom. The second-order valence-electron chi connectivity index (χ2n) is 7.34. The van der Waals surface area contributed by atoms with Crippen LogP contribution in [0.25, 0.3) is 0 Å². The highest BCUT2D eigenvalue weighted by Gasteiger charge is 2.12. The van der Waals surface area contributed by atoms with E-state index >= 15 is 0 Å². The van der Waals surface area contributed by atoms with E-state index in [1.807, 2.05) is 24.3 Å². The molecule has 0 aromatic heterocycles. The summed E-state index contributed by atoms with van der Waals surface area (Å²) >= 11 is 0. The van der Waals surface area contributed by atoms with Crippen LogP contribution in [0, 0.1) is 0 Å². The van der Waals surface area contributed by atoms with Crippen molar-refractivity contribution in [1.29, 1.82) is 0 Å². The summed E-state index contributed by atoms with van der Waals surface area (Å²) in [4.78, 5) is 29.8. The first-order valence-corrected chi connectivity index (χ1v) is 9.31. The van der Waals surface area contributed by atoms with Crippen molar-refractivity contribution >= 4 is 17.9 Å². The maximum atomic E-state index is 10.7. The summed E-state index contributed by atoms with van der Waals surface area (Å²) < 4.78 is 10.5. The number of rotatable bonds is 10. The van der Waals surface area contributed by atoms with Crippen LogP contribution in [0.2, 0.25) is 0 Å². The van der Waals surface area contributed by atoms with Crippen LogP contribution >= 0.6 is 0 Å². The number of carbonyl (C=O) groups is 3. The van der Waals surface area contributed by atoms with Crippen LogP contribution in [-0.4, -0.2) is 64.6 Å². The molecule has 0 heterocycles. The van der Waals surface area contributed by atoms with Crippen molar-refractivity contribution in [3.63, 3.8) is 0 Å². The molecule has 0 aliphatic carbocycles. The lowest BCUT2D eigenvalue weighted by Gasteiger charge is -2.23. The van der Waals surface area contributed by atoms with Gasteiger partial charge in [0.05, 0.1) is 6.61 Å². The standard InChI is InChI=1S/C17H27NO4.C4H4O4/c1-13(19)21-10-9-14-5-7-16(8-6-14)22-12-15(20)11-18-17(2,3)4;5-3(6)1-2-4(7)8/h5-8,15,18,20H,9-12H2,1-4H3;1-2H,(H,5,6)(H,7,8). The lowest BCUT2D eigenvalue weighted by atomic mass is 10.1. The minimum Gasteiger partial charge on any atom is -0.491 e. The number of benzene rings is 1. The SMILES string of the molecule is CC(=O)OCCc1ccc(OCC(O)CNC(C)(C)C)cc1.O=C(O)C=CC(=O)O.